The number of carboxylic acid groups (broad SMARTS) is 1. The summed E-state index contributed by atoms with van der Waals surface area (Å²) >= 11 is 1.69. The van der Waals surface area contributed by atoms with Crippen LogP contribution in [0.4, 0.5) is 0 Å². The molecule has 0 radical (unpaired) electrons. The first-order chi connectivity index (χ1) is 5.61. The normalized spacial score (nSPS) is 13.3. The third-order valence-corrected chi connectivity index (χ3v) is 2.61. The zero-order valence-corrected chi connectivity index (χ0v) is 8.73. The van der Waals surface area contributed by atoms with Crippen LogP contribution in [0.2, 0.25) is 0 Å². The first-order valence-electron chi connectivity index (χ1n) is 4.02. The number of hydrogen-bond acceptors (Lipinski definition) is 3. The van der Waals surface area contributed by atoms with Crippen LogP contribution in [0.3, 0.4) is 0 Å². The second-order valence-corrected chi connectivity index (χ2v) is 3.69. The number of thioether (sulfide) groups is 1. The fourth-order valence-electron chi connectivity index (χ4n) is 0.994. The molecule has 0 amide bonds. The summed E-state index contributed by atoms with van der Waals surface area (Å²) in [6, 6.07) is 0.169. The molecule has 0 aliphatic heterocycles. The fraction of sp³-hybridized carbons (Fsp3) is 0.875. The van der Waals surface area contributed by atoms with Crippen molar-refractivity contribution in [3.8, 4) is 0 Å². The highest BCUT2D eigenvalue weighted by molar-refractivity contribution is 7.98. The molecule has 3 nitrogen and oxygen atoms in total. The number of carbonyl (C=O) groups is 1. The van der Waals surface area contributed by atoms with Gasteiger partial charge in [-0.1, -0.05) is 6.92 Å². The zero-order chi connectivity index (χ0) is 9.56. The highest BCUT2D eigenvalue weighted by Gasteiger charge is 2.15. The lowest BCUT2D eigenvalue weighted by Gasteiger charge is -2.24. The standard InChI is InChI=1S/C8H17NO2S/c1-4-9(2)7(6-12-3)5-8(10)11/h7H,4-6H2,1-3H3,(H,10,11). The Labute approximate surface area is 78.1 Å². The van der Waals surface area contributed by atoms with Crippen molar-refractivity contribution in [1.82, 2.24) is 4.90 Å². The molecule has 0 saturated heterocycles. The van der Waals surface area contributed by atoms with Crippen molar-refractivity contribution in [2.24, 2.45) is 0 Å². The Morgan fingerprint density at radius 2 is 2.25 bits per heavy atom. The van der Waals surface area contributed by atoms with Gasteiger partial charge >= 0.3 is 5.97 Å². The van der Waals surface area contributed by atoms with Crippen LogP contribution in [-0.4, -0.2) is 47.6 Å². The molecule has 0 rings (SSSR count). The lowest BCUT2D eigenvalue weighted by atomic mass is 10.2. The quantitative estimate of drug-likeness (QED) is 0.683. The molecule has 12 heavy (non-hydrogen) atoms. The topological polar surface area (TPSA) is 40.5 Å². The van der Waals surface area contributed by atoms with Crippen LogP contribution >= 0.6 is 11.8 Å². The van der Waals surface area contributed by atoms with Crippen molar-refractivity contribution in [3.63, 3.8) is 0 Å². The molecule has 0 saturated carbocycles. The van der Waals surface area contributed by atoms with Crippen LogP contribution < -0.4 is 0 Å². The maximum atomic E-state index is 10.5. The first kappa shape index (κ1) is 11.8. The minimum absolute atomic E-state index is 0.169. The van der Waals surface area contributed by atoms with Crippen LogP contribution in [0.5, 0.6) is 0 Å². The molecular formula is C8H17NO2S. The summed E-state index contributed by atoms with van der Waals surface area (Å²) in [6.45, 7) is 2.94. The number of hydrogen-bond donors (Lipinski definition) is 1. The van der Waals surface area contributed by atoms with Crippen LogP contribution in [0.25, 0.3) is 0 Å². The summed E-state index contributed by atoms with van der Waals surface area (Å²) in [6.07, 6.45) is 2.24. The van der Waals surface area contributed by atoms with E-state index >= 15 is 0 Å². The van der Waals surface area contributed by atoms with Gasteiger partial charge in [-0.3, -0.25) is 4.79 Å². The van der Waals surface area contributed by atoms with Crippen molar-refractivity contribution in [3.05, 3.63) is 0 Å². The fourth-order valence-corrected chi connectivity index (χ4v) is 1.75. The molecule has 0 heterocycles. The average Bonchev–Trinajstić information content (AvgIpc) is 2.01. The lowest BCUT2D eigenvalue weighted by molar-refractivity contribution is -0.138. The molecule has 0 bridgehead atoms. The number of rotatable bonds is 6. The van der Waals surface area contributed by atoms with Crippen molar-refractivity contribution in [2.75, 3.05) is 25.6 Å². The highest BCUT2D eigenvalue weighted by atomic mass is 32.2. The van der Waals surface area contributed by atoms with Gasteiger partial charge in [0.1, 0.15) is 0 Å². The molecule has 0 spiro atoms. The summed E-state index contributed by atoms with van der Waals surface area (Å²) in [5.41, 5.74) is 0. The van der Waals surface area contributed by atoms with Gasteiger partial charge in [-0.2, -0.15) is 11.8 Å². The van der Waals surface area contributed by atoms with E-state index in [9.17, 15) is 4.79 Å². The Morgan fingerprint density at radius 1 is 1.67 bits per heavy atom. The van der Waals surface area contributed by atoms with Gasteiger partial charge in [0.25, 0.3) is 0 Å². The van der Waals surface area contributed by atoms with Gasteiger partial charge in [0.2, 0.25) is 0 Å². The van der Waals surface area contributed by atoms with Gasteiger partial charge in [0.15, 0.2) is 0 Å². The van der Waals surface area contributed by atoms with Crippen LogP contribution in [0.1, 0.15) is 13.3 Å². The zero-order valence-electron chi connectivity index (χ0n) is 7.91. The number of carboxylic acids is 1. The smallest absolute Gasteiger partial charge is 0.304 e. The molecule has 0 aromatic rings. The molecule has 0 aromatic carbocycles. The Kier molecular flexibility index (Phi) is 6.20. The predicted octanol–water partition coefficient (Wildman–Crippen LogP) is 1.14. The molecule has 0 aliphatic rings. The molecular weight excluding hydrogens is 174 g/mol. The van der Waals surface area contributed by atoms with Gasteiger partial charge in [0.05, 0.1) is 6.42 Å². The van der Waals surface area contributed by atoms with E-state index < -0.39 is 5.97 Å². The summed E-state index contributed by atoms with van der Waals surface area (Å²) in [5.74, 6) is 0.172. The maximum absolute atomic E-state index is 10.5. The minimum Gasteiger partial charge on any atom is -0.481 e. The molecule has 0 fully saturated rings. The van der Waals surface area contributed by atoms with Crippen molar-refractivity contribution in [1.29, 1.82) is 0 Å². The molecule has 72 valence electrons. The maximum Gasteiger partial charge on any atom is 0.304 e. The summed E-state index contributed by atoms with van der Waals surface area (Å²) in [7, 11) is 1.96. The van der Waals surface area contributed by atoms with Gasteiger partial charge in [0, 0.05) is 11.8 Å². The largest absolute Gasteiger partial charge is 0.481 e. The SMILES string of the molecule is CCN(C)C(CSC)CC(=O)O. The Morgan fingerprint density at radius 3 is 2.58 bits per heavy atom. The molecule has 0 aliphatic carbocycles. The Balaban J connectivity index is 3.93. The summed E-state index contributed by atoms with van der Waals surface area (Å²) in [5, 5.41) is 8.62. The Hall–Kier alpha value is -0.220. The van der Waals surface area contributed by atoms with E-state index in [4.69, 9.17) is 5.11 Å². The van der Waals surface area contributed by atoms with Crippen LogP contribution in [0, 0.1) is 0 Å². The molecule has 0 aromatic heterocycles. The van der Waals surface area contributed by atoms with E-state index in [-0.39, 0.29) is 12.5 Å². The lowest BCUT2D eigenvalue weighted by Crippen LogP contribution is -2.35. The van der Waals surface area contributed by atoms with E-state index in [1.54, 1.807) is 11.8 Å². The third-order valence-electron chi connectivity index (χ3n) is 1.89. The van der Waals surface area contributed by atoms with Gasteiger partial charge in [-0.05, 0) is 19.8 Å². The van der Waals surface area contributed by atoms with E-state index in [0.29, 0.717) is 0 Å². The number of aliphatic carboxylic acids is 1. The third kappa shape index (κ3) is 4.62. The molecule has 1 N–H and O–H groups in total. The summed E-state index contributed by atoms with van der Waals surface area (Å²) in [4.78, 5) is 12.5. The summed E-state index contributed by atoms with van der Waals surface area (Å²) < 4.78 is 0. The van der Waals surface area contributed by atoms with Crippen LogP contribution in [0.15, 0.2) is 0 Å². The molecule has 1 atom stereocenters. The van der Waals surface area contributed by atoms with E-state index in [1.807, 2.05) is 20.2 Å². The minimum atomic E-state index is -0.714. The number of nitrogens with zero attached hydrogens (tertiary/aromatic N) is 1. The van der Waals surface area contributed by atoms with Crippen molar-refractivity contribution >= 4 is 17.7 Å². The first-order valence-corrected chi connectivity index (χ1v) is 5.42. The molecule has 4 heteroatoms. The second kappa shape index (κ2) is 6.31. The Bertz CT molecular complexity index is 141. The van der Waals surface area contributed by atoms with Crippen molar-refractivity contribution < 1.29 is 9.90 Å². The monoisotopic (exact) mass is 191 g/mol. The van der Waals surface area contributed by atoms with Crippen molar-refractivity contribution in [2.45, 2.75) is 19.4 Å². The average molecular weight is 191 g/mol. The van der Waals surface area contributed by atoms with Gasteiger partial charge < -0.3 is 10.0 Å². The highest BCUT2D eigenvalue weighted by Crippen LogP contribution is 2.07. The van der Waals surface area contributed by atoms with E-state index in [2.05, 4.69) is 4.90 Å². The van der Waals surface area contributed by atoms with E-state index in [0.717, 1.165) is 12.3 Å². The van der Waals surface area contributed by atoms with Gasteiger partial charge in [-0.15, -0.1) is 0 Å². The second-order valence-electron chi connectivity index (χ2n) is 2.78. The van der Waals surface area contributed by atoms with Crippen LogP contribution in [-0.2, 0) is 4.79 Å². The van der Waals surface area contributed by atoms with Gasteiger partial charge in [-0.25, -0.2) is 0 Å². The predicted molar refractivity (Wildman–Crippen MR) is 52.7 cm³/mol. The van der Waals surface area contributed by atoms with E-state index in [1.165, 1.54) is 0 Å². The molecule has 1 unspecified atom stereocenters.